The fraction of sp³-hybridized carbons (Fsp3) is 0.273. The van der Waals surface area contributed by atoms with E-state index in [2.05, 4.69) is 0 Å². The van der Waals surface area contributed by atoms with Crippen LogP contribution in [0.3, 0.4) is 0 Å². The molecule has 0 aliphatic heterocycles. The maximum atomic E-state index is 13.5. The molecule has 0 atom stereocenters. The normalized spacial score (nSPS) is 17.1. The second-order valence-electron chi connectivity index (χ2n) is 3.74. The van der Waals surface area contributed by atoms with E-state index in [9.17, 15) is 14.0 Å². The van der Waals surface area contributed by atoms with Crippen LogP contribution in [0.4, 0.5) is 4.39 Å². The first-order chi connectivity index (χ1) is 7.10. The predicted octanol–water partition coefficient (Wildman–Crippen LogP) is 1.75. The Morgan fingerprint density at radius 2 is 2.13 bits per heavy atom. The van der Waals surface area contributed by atoms with E-state index < -0.39 is 17.2 Å². The number of carbonyl (C=O) groups excluding carboxylic acids is 1. The zero-order chi connectivity index (χ0) is 11.1. The van der Waals surface area contributed by atoms with Gasteiger partial charge >= 0.3 is 5.97 Å². The highest BCUT2D eigenvalue weighted by molar-refractivity contribution is 5.85. The number of rotatable bonds is 3. The largest absolute Gasteiger partial charge is 0.481 e. The lowest BCUT2D eigenvalue weighted by atomic mass is 9.94. The highest BCUT2D eigenvalue weighted by Crippen LogP contribution is 2.49. The van der Waals surface area contributed by atoms with Crippen molar-refractivity contribution in [1.82, 2.24) is 0 Å². The molecule has 0 heterocycles. The smallest absolute Gasteiger partial charge is 0.314 e. The second kappa shape index (κ2) is 3.15. The highest BCUT2D eigenvalue weighted by atomic mass is 19.1. The van der Waals surface area contributed by atoms with Crippen molar-refractivity contribution in [1.29, 1.82) is 0 Å². The first-order valence-electron chi connectivity index (χ1n) is 4.59. The van der Waals surface area contributed by atoms with Crippen molar-refractivity contribution >= 4 is 12.3 Å². The molecule has 2 rings (SSSR count). The van der Waals surface area contributed by atoms with Crippen molar-refractivity contribution in [2.45, 2.75) is 18.3 Å². The molecule has 1 aromatic rings. The van der Waals surface area contributed by atoms with E-state index >= 15 is 0 Å². The minimum atomic E-state index is -1.05. The zero-order valence-corrected chi connectivity index (χ0v) is 7.87. The van der Waals surface area contributed by atoms with Crippen LogP contribution in [0.15, 0.2) is 18.2 Å². The molecule has 15 heavy (non-hydrogen) atoms. The van der Waals surface area contributed by atoms with E-state index in [1.54, 1.807) is 0 Å². The Kier molecular flexibility index (Phi) is 2.07. The monoisotopic (exact) mass is 208 g/mol. The molecule has 4 heteroatoms. The highest BCUT2D eigenvalue weighted by Gasteiger charge is 2.53. The van der Waals surface area contributed by atoms with E-state index in [1.165, 1.54) is 12.1 Å². The van der Waals surface area contributed by atoms with Crippen LogP contribution in [0, 0.1) is 5.82 Å². The topological polar surface area (TPSA) is 54.4 Å². The maximum Gasteiger partial charge on any atom is 0.314 e. The van der Waals surface area contributed by atoms with Gasteiger partial charge in [-0.1, -0.05) is 12.1 Å². The predicted molar refractivity (Wildman–Crippen MR) is 50.3 cm³/mol. The summed E-state index contributed by atoms with van der Waals surface area (Å²) in [5.41, 5.74) is -0.649. The lowest BCUT2D eigenvalue weighted by molar-refractivity contribution is -0.140. The van der Waals surface area contributed by atoms with Gasteiger partial charge in [0.25, 0.3) is 0 Å². The van der Waals surface area contributed by atoms with E-state index in [4.69, 9.17) is 5.11 Å². The van der Waals surface area contributed by atoms with Crippen molar-refractivity contribution in [3.8, 4) is 0 Å². The Labute approximate surface area is 85.5 Å². The number of hydrogen-bond acceptors (Lipinski definition) is 2. The average Bonchev–Trinajstić information content (AvgIpc) is 2.98. The summed E-state index contributed by atoms with van der Waals surface area (Å²) in [7, 11) is 0. The van der Waals surface area contributed by atoms with Gasteiger partial charge in [-0.15, -0.1) is 0 Å². The van der Waals surface area contributed by atoms with Crippen LogP contribution in [0.2, 0.25) is 0 Å². The molecule has 0 bridgehead atoms. The molecule has 0 spiro atoms. The maximum absolute atomic E-state index is 13.5. The molecular weight excluding hydrogens is 199 g/mol. The third kappa shape index (κ3) is 1.42. The van der Waals surface area contributed by atoms with Crippen LogP contribution in [-0.2, 0) is 10.2 Å². The summed E-state index contributed by atoms with van der Waals surface area (Å²) in [4.78, 5) is 21.3. The summed E-state index contributed by atoms with van der Waals surface area (Å²) in [6, 6.07) is 3.90. The molecule has 0 saturated heterocycles. The average molecular weight is 208 g/mol. The zero-order valence-electron chi connectivity index (χ0n) is 7.87. The molecule has 3 nitrogen and oxygen atoms in total. The van der Waals surface area contributed by atoms with Crippen LogP contribution in [-0.4, -0.2) is 17.4 Å². The molecule has 0 unspecified atom stereocenters. The van der Waals surface area contributed by atoms with Gasteiger partial charge in [0.1, 0.15) is 12.1 Å². The van der Waals surface area contributed by atoms with Gasteiger partial charge in [0.2, 0.25) is 0 Å². The Bertz CT molecular complexity index is 435. The van der Waals surface area contributed by atoms with E-state index in [1.807, 2.05) is 0 Å². The molecule has 0 radical (unpaired) electrons. The van der Waals surface area contributed by atoms with Gasteiger partial charge in [-0.3, -0.25) is 9.59 Å². The Hall–Kier alpha value is -1.71. The summed E-state index contributed by atoms with van der Waals surface area (Å²) in [6.45, 7) is 0. The van der Waals surface area contributed by atoms with Gasteiger partial charge in [0, 0.05) is 11.1 Å². The minimum absolute atomic E-state index is 0.181. The lowest BCUT2D eigenvalue weighted by Gasteiger charge is -2.11. The van der Waals surface area contributed by atoms with Gasteiger partial charge < -0.3 is 5.11 Å². The minimum Gasteiger partial charge on any atom is -0.481 e. The van der Waals surface area contributed by atoms with Crippen LogP contribution in [0.25, 0.3) is 0 Å². The third-order valence-corrected chi connectivity index (χ3v) is 2.80. The van der Waals surface area contributed by atoms with Crippen molar-refractivity contribution in [2.24, 2.45) is 0 Å². The number of hydrogen-bond donors (Lipinski definition) is 1. The number of aldehydes is 1. The number of carboxylic acids is 1. The van der Waals surface area contributed by atoms with E-state index in [0.717, 1.165) is 6.07 Å². The molecule has 1 N–H and O–H groups in total. The quantitative estimate of drug-likeness (QED) is 0.770. The summed E-state index contributed by atoms with van der Waals surface area (Å²) >= 11 is 0. The van der Waals surface area contributed by atoms with Crippen molar-refractivity contribution in [3.05, 3.63) is 35.1 Å². The Morgan fingerprint density at radius 1 is 1.47 bits per heavy atom. The lowest BCUT2D eigenvalue weighted by Crippen LogP contribution is -2.21. The number of aliphatic carboxylic acids is 1. The number of halogens is 1. The van der Waals surface area contributed by atoms with E-state index in [0.29, 0.717) is 19.1 Å². The van der Waals surface area contributed by atoms with Crippen molar-refractivity contribution < 1.29 is 19.1 Å². The molecule has 0 amide bonds. The van der Waals surface area contributed by atoms with Gasteiger partial charge in [-0.2, -0.15) is 0 Å². The Morgan fingerprint density at radius 3 is 2.53 bits per heavy atom. The SMILES string of the molecule is O=Cc1ccc(C2(C(=O)O)CC2)c(F)c1. The second-order valence-corrected chi connectivity index (χ2v) is 3.74. The summed E-state index contributed by atoms with van der Waals surface area (Å²) in [5.74, 6) is -1.61. The molecule has 1 aromatic carbocycles. The molecule has 0 aromatic heterocycles. The fourth-order valence-electron chi connectivity index (χ4n) is 1.72. The third-order valence-electron chi connectivity index (χ3n) is 2.80. The van der Waals surface area contributed by atoms with Crippen molar-refractivity contribution in [2.75, 3.05) is 0 Å². The van der Waals surface area contributed by atoms with Gasteiger partial charge in [-0.25, -0.2) is 4.39 Å². The van der Waals surface area contributed by atoms with Gasteiger partial charge in [-0.05, 0) is 18.9 Å². The van der Waals surface area contributed by atoms with Crippen LogP contribution in [0.1, 0.15) is 28.8 Å². The summed E-state index contributed by atoms with van der Waals surface area (Å²) in [5, 5.41) is 8.97. The van der Waals surface area contributed by atoms with Crippen LogP contribution < -0.4 is 0 Å². The molecule has 78 valence electrons. The summed E-state index contributed by atoms with van der Waals surface area (Å²) < 4.78 is 13.5. The van der Waals surface area contributed by atoms with Crippen molar-refractivity contribution in [3.63, 3.8) is 0 Å². The fourth-order valence-corrected chi connectivity index (χ4v) is 1.72. The molecule has 1 fully saturated rings. The molecule has 1 aliphatic carbocycles. The molecule has 1 saturated carbocycles. The number of benzene rings is 1. The van der Waals surface area contributed by atoms with E-state index in [-0.39, 0.29) is 11.1 Å². The number of carboxylic acid groups (broad SMARTS) is 1. The molecule has 1 aliphatic rings. The first kappa shape index (κ1) is 9.83. The number of carbonyl (C=O) groups is 2. The van der Waals surface area contributed by atoms with Crippen LogP contribution in [0.5, 0.6) is 0 Å². The van der Waals surface area contributed by atoms with Gasteiger partial charge in [0.15, 0.2) is 0 Å². The van der Waals surface area contributed by atoms with Gasteiger partial charge in [0.05, 0.1) is 5.41 Å². The molecular formula is C11H9FO3. The standard InChI is InChI=1S/C11H9FO3/c12-9-5-7(6-13)1-2-8(9)11(3-4-11)10(14)15/h1-2,5-6H,3-4H2,(H,14,15). The first-order valence-corrected chi connectivity index (χ1v) is 4.59. The summed E-state index contributed by atoms with van der Waals surface area (Å²) in [6.07, 6.45) is 1.45. The Balaban J connectivity index is 2.46. The van der Waals surface area contributed by atoms with Crippen LogP contribution >= 0.6 is 0 Å².